The van der Waals surface area contributed by atoms with E-state index in [1.165, 1.54) is 18.2 Å². The lowest BCUT2D eigenvalue weighted by Gasteiger charge is -2.13. The largest absolute Gasteiger partial charge is 0.399 e. The molecule has 104 valence electrons. The highest BCUT2D eigenvalue weighted by molar-refractivity contribution is 7.98. The predicted octanol–water partition coefficient (Wildman–Crippen LogP) is 2.05. The molecule has 1 rings (SSSR count). The van der Waals surface area contributed by atoms with Gasteiger partial charge in [0.25, 0.3) is 11.6 Å². The quantitative estimate of drug-likeness (QED) is 0.473. The van der Waals surface area contributed by atoms with Gasteiger partial charge in [0.2, 0.25) is 0 Å². The summed E-state index contributed by atoms with van der Waals surface area (Å²) in [5.41, 5.74) is 5.67. The summed E-state index contributed by atoms with van der Waals surface area (Å²) < 4.78 is 0. The molecule has 0 spiro atoms. The third-order valence-corrected chi connectivity index (χ3v) is 3.24. The molecule has 0 bridgehead atoms. The first-order chi connectivity index (χ1) is 8.95. The summed E-state index contributed by atoms with van der Waals surface area (Å²) in [7, 11) is 0. The van der Waals surface area contributed by atoms with E-state index < -0.39 is 10.8 Å². The van der Waals surface area contributed by atoms with Gasteiger partial charge in [-0.2, -0.15) is 11.8 Å². The van der Waals surface area contributed by atoms with E-state index in [4.69, 9.17) is 5.73 Å². The summed E-state index contributed by atoms with van der Waals surface area (Å²) in [4.78, 5) is 22.3. The summed E-state index contributed by atoms with van der Waals surface area (Å²) in [6.07, 6.45) is 2.79. The molecule has 3 N–H and O–H groups in total. The number of nitrogens with one attached hydrogen (secondary N) is 1. The van der Waals surface area contributed by atoms with Crippen molar-refractivity contribution < 1.29 is 9.72 Å². The lowest BCUT2D eigenvalue weighted by Crippen LogP contribution is -2.33. The van der Waals surface area contributed by atoms with Gasteiger partial charge in [-0.05, 0) is 37.5 Å². The van der Waals surface area contributed by atoms with Gasteiger partial charge in [0.15, 0.2) is 0 Å². The monoisotopic (exact) mass is 283 g/mol. The first-order valence-electron chi connectivity index (χ1n) is 5.79. The number of benzene rings is 1. The van der Waals surface area contributed by atoms with E-state index in [1.54, 1.807) is 11.8 Å². The molecule has 0 aromatic heterocycles. The maximum Gasteiger partial charge on any atom is 0.282 e. The van der Waals surface area contributed by atoms with Gasteiger partial charge in [0, 0.05) is 17.8 Å². The predicted molar refractivity (Wildman–Crippen MR) is 77.4 cm³/mol. The van der Waals surface area contributed by atoms with Gasteiger partial charge < -0.3 is 11.1 Å². The molecule has 0 aliphatic heterocycles. The van der Waals surface area contributed by atoms with Crippen LogP contribution in [0.5, 0.6) is 0 Å². The highest BCUT2D eigenvalue weighted by atomic mass is 32.2. The number of carbonyl (C=O) groups excluding carboxylic acids is 1. The second-order valence-corrected chi connectivity index (χ2v) is 5.18. The Morgan fingerprint density at radius 2 is 2.26 bits per heavy atom. The lowest BCUT2D eigenvalue weighted by atomic mass is 10.1. The van der Waals surface area contributed by atoms with E-state index in [2.05, 4.69) is 5.32 Å². The molecule has 19 heavy (non-hydrogen) atoms. The van der Waals surface area contributed by atoms with Crippen molar-refractivity contribution in [1.29, 1.82) is 0 Å². The highest BCUT2D eigenvalue weighted by Crippen LogP contribution is 2.21. The minimum Gasteiger partial charge on any atom is -0.399 e. The third-order valence-electron chi connectivity index (χ3n) is 2.59. The van der Waals surface area contributed by atoms with Crippen LogP contribution in [0.4, 0.5) is 11.4 Å². The molecule has 0 saturated carbocycles. The van der Waals surface area contributed by atoms with Crippen LogP contribution in [-0.2, 0) is 0 Å². The standard InChI is InChI=1S/C12H17N3O3S/c1-8(5-6-19-2)14-12(16)10-7-9(13)3-4-11(10)15(17)18/h3-4,7-8H,5-6,13H2,1-2H3,(H,14,16). The fraction of sp³-hybridized carbons (Fsp3) is 0.417. The summed E-state index contributed by atoms with van der Waals surface area (Å²) in [5, 5.41) is 13.6. The van der Waals surface area contributed by atoms with Crippen molar-refractivity contribution in [2.45, 2.75) is 19.4 Å². The van der Waals surface area contributed by atoms with Crippen molar-refractivity contribution in [3.63, 3.8) is 0 Å². The van der Waals surface area contributed by atoms with Gasteiger partial charge in [0.05, 0.1) is 4.92 Å². The molecule has 1 atom stereocenters. The van der Waals surface area contributed by atoms with Gasteiger partial charge in [-0.15, -0.1) is 0 Å². The van der Waals surface area contributed by atoms with Gasteiger partial charge >= 0.3 is 0 Å². The van der Waals surface area contributed by atoms with Gasteiger partial charge in [0.1, 0.15) is 5.56 Å². The Morgan fingerprint density at radius 1 is 1.58 bits per heavy atom. The fourth-order valence-electron chi connectivity index (χ4n) is 1.56. The molecular weight excluding hydrogens is 266 g/mol. The Hall–Kier alpha value is -1.76. The Balaban J connectivity index is 2.86. The van der Waals surface area contributed by atoms with Crippen LogP contribution in [0.1, 0.15) is 23.7 Å². The smallest absolute Gasteiger partial charge is 0.282 e. The zero-order valence-electron chi connectivity index (χ0n) is 10.9. The first-order valence-corrected chi connectivity index (χ1v) is 7.18. The van der Waals surface area contributed by atoms with Crippen LogP contribution in [0.3, 0.4) is 0 Å². The van der Waals surface area contributed by atoms with Crippen molar-refractivity contribution in [3.8, 4) is 0 Å². The molecule has 1 amide bonds. The van der Waals surface area contributed by atoms with Crippen molar-refractivity contribution >= 4 is 29.0 Å². The molecule has 1 unspecified atom stereocenters. The molecule has 0 radical (unpaired) electrons. The van der Waals surface area contributed by atoms with E-state index in [0.717, 1.165) is 12.2 Å². The van der Waals surface area contributed by atoms with Crippen LogP contribution in [0.2, 0.25) is 0 Å². The molecule has 0 fully saturated rings. The second-order valence-electron chi connectivity index (χ2n) is 4.19. The molecule has 0 aliphatic rings. The number of nitro benzene ring substituents is 1. The number of nitrogen functional groups attached to an aromatic ring is 1. The van der Waals surface area contributed by atoms with E-state index in [9.17, 15) is 14.9 Å². The summed E-state index contributed by atoms with van der Waals surface area (Å²) in [6.45, 7) is 1.87. The fourth-order valence-corrected chi connectivity index (χ4v) is 2.15. The summed E-state index contributed by atoms with van der Waals surface area (Å²) in [6, 6.07) is 3.94. The van der Waals surface area contributed by atoms with Crippen molar-refractivity contribution in [2.75, 3.05) is 17.7 Å². The molecule has 0 saturated heterocycles. The average molecular weight is 283 g/mol. The summed E-state index contributed by atoms with van der Waals surface area (Å²) in [5.74, 6) is 0.452. The zero-order chi connectivity index (χ0) is 14.4. The molecule has 7 heteroatoms. The number of carbonyl (C=O) groups is 1. The number of nitrogens with two attached hydrogens (primary N) is 1. The summed E-state index contributed by atoms with van der Waals surface area (Å²) >= 11 is 1.68. The minimum absolute atomic E-state index is 0.000927. The van der Waals surface area contributed by atoms with E-state index >= 15 is 0 Å². The molecule has 1 aromatic rings. The van der Waals surface area contributed by atoms with E-state index in [1.807, 2.05) is 13.2 Å². The highest BCUT2D eigenvalue weighted by Gasteiger charge is 2.21. The molecule has 0 aliphatic carbocycles. The van der Waals surface area contributed by atoms with Gasteiger partial charge in [-0.1, -0.05) is 0 Å². The Labute approximate surface area is 115 Å². The van der Waals surface area contributed by atoms with Gasteiger partial charge in [-0.3, -0.25) is 14.9 Å². The van der Waals surface area contributed by atoms with Crippen LogP contribution in [0, 0.1) is 10.1 Å². The number of nitrogens with zero attached hydrogens (tertiary/aromatic N) is 1. The maximum absolute atomic E-state index is 12.0. The number of amides is 1. The van der Waals surface area contributed by atoms with Crippen LogP contribution < -0.4 is 11.1 Å². The number of hydrogen-bond acceptors (Lipinski definition) is 5. The van der Waals surface area contributed by atoms with Crippen LogP contribution in [0.15, 0.2) is 18.2 Å². The SMILES string of the molecule is CSCCC(C)NC(=O)c1cc(N)ccc1[N+](=O)[O-]. The number of anilines is 1. The van der Waals surface area contributed by atoms with Gasteiger partial charge in [-0.25, -0.2) is 0 Å². The van der Waals surface area contributed by atoms with Crippen LogP contribution in [0.25, 0.3) is 0 Å². The number of hydrogen-bond donors (Lipinski definition) is 2. The minimum atomic E-state index is -0.582. The lowest BCUT2D eigenvalue weighted by molar-refractivity contribution is -0.385. The molecular formula is C12H17N3O3S. The number of nitro groups is 1. The molecule has 1 aromatic carbocycles. The first kappa shape index (κ1) is 15.3. The Bertz CT molecular complexity index is 479. The topological polar surface area (TPSA) is 98.3 Å². The van der Waals surface area contributed by atoms with Crippen LogP contribution in [-0.4, -0.2) is 28.9 Å². The second kappa shape index (κ2) is 6.98. The molecule has 6 nitrogen and oxygen atoms in total. The molecule has 0 heterocycles. The van der Waals surface area contributed by atoms with Crippen molar-refractivity contribution in [2.24, 2.45) is 0 Å². The van der Waals surface area contributed by atoms with E-state index in [-0.39, 0.29) is 17.3 Å². The average Bonchev–Trinajstić information content (AvgIpc) is 2.35. The van der Waals surface area contributed by atoms with Crippen LogP contribution >= 0.6 is 11.8 Å². The Morgan fingerprint density at radius 3 is 2.84 bits per heavy atom. The zero-order valence-corrected chi connectivity index (χ0v) is 11.7. The Kier molecular flexibility index (Phi) is 5.62. The van der Waals surface area contributed by atoms with Crippen molar-refractivity contribution in [1.82, 2.24) is 5.32 Å². The number of rotatable bonds is 6. The van der Waals surface area contributed by atoms with E-state index in [0.29, 0.717) is 5.69 Å². The maximum atomic E-state index is 12.0. The van der Waals surface area contributed by atoms with Crippen molar-refractivity contribution in [3.05, 3.63) is 33.9 Å². The normalized spacial score (nSPS) is 11.9. The number of thioether (sulfide) groups is 1. The third kappa shape index (κ3) is 4.44.